The Morgan fingerprint density at radius 3 is 2.70 bits per heavy atom. The number of aromatic nitrogens is 1. The minimum absolute atomic E-state index is 0. The molecule has 0 aliphatic heterocycles. The SMILES string of the molecule is CCCC(C)(N)C(=O)NCCc1c[nH]c2c(CC)cccc12.Cl. The second kappa shape index (κ2) is 8.37. The third-order valence-corrected chi connectivity index (χ3v) is 4.24. The second-order valence-electron chi connectivity index (χ2n) is 6.18. The maximum Gasteiger partial charge on any atom is 0.239 e. The van der Waals surface area contributed by atoms with E-state index in [1.54, 1.807) is 6.92 Å². The minimum Gasteiger partial charge on any atom is -0.361 e. The summed E-state index contributed by atoms with van der Waals surface area (Å²) in [5.41, 5.74) is 9.04. The number of aryl methyl sites for hydroxylation is 1. The Bertz CT molecular complexity index is 649. The number of nitrogens with one attached hydrogen (secondary N) is 2. The molecule has 0 radical (unpaired) electrons. The average Bonchev–Trinajstić information content (AvgIpc) is 2.90. The van der Waals surface area contributed by atoms with Gasteiger partial charge in [0.25, 0.3) is 0 Å². The van der Waals surface area contributed by atoms with Crippen molar-refractivity contribution >= 4 is 29.2 Å². The molecule has 1 heterocycles. The number of carbonyl (C=O) groups excluding carboxylic acids is 1. The van der Waals surface area contributed by atoms with Crippen LogP contribution in [0.5, 0.6) is 0 Å². The quantitative estimate of drug-likeness (QED) is 0.725. The highest BCUT2D eigenvalue weighted by atomic mass is 35.5. The predicted octanol–water partition coefficient (Wildman–Crippen LogP) is 3.33. The highest BCUT2D eigenvalue weighted by molar-refractivity contribution is 5.87. The number of carbonyl (C=O) groups is 1. The summed E-state index contributed by atoms with van der Waals surface area (Å²) in [6.07, 6.45) is 5.47. The summed E-state index contributed by atoms with van der Waals surface area (Å²) in [6, 6.07) is 6.37. The smallest absolute Gasteiger partial charge is 0.239 e. The van der Waals surface area contributed by atoms with Gasteiger partial charge in [-0.15, -0.1) is 12.4 Å². The Morgan fingerprint density at radius 1 is 1.30 bits per heavy atom. The third kappa shape index (κ3) is 4.49. The normalized spacial score (nSPS) is 13.4. The summed E-state index contributed by atoms with van der Waals surface area (Å²) in [7, 11) is 0. The zero-order valence-corrected chi connectivity index (χ0v) is 15.1. The van der Waals surface area contributed by atoms with Gasteiger partial charge in [-0.3, -0.25) is 4.79 Å². The molecule has 4 N–H and O–H groups in total. The van der Waals surface area contributed by atoms with Crippen LogP contribution < -0.4 is 11.1 Å². The Kier molecular flexibility index (Phi) is 7.10. The zero-order chi connectivity index (χ0) is 16.2. The molecule has 1 atom stereocenters. The van der Waals surface area contributed by atoms with Crippen molar-refractivity contribution in [3.63, 3.8) is 0 Å². The molecule has 0 saturated heterocycles. The molecule has 0 spiro atoms. The van der Waals surface area contributed by atoms with Crippen LogP contribution in [-0.2, 0) is 17.6 Å². The number of halogens is 1. The van der Waals surface area contributed by atoms with Gasteiger partial charge in [0.15, 0.2) is 0 Å². The van der Waals surface area contributed by atoms with Crippen molar-refractivity contribution in [2.24, 2.45) is 5.73 Å². The largest absolute Gasteiger partial charge is 0.361 e. The van der Waals surface area contributed by atoms with Gasteiger partial charge < -0.3 is 16.0 Å². The van der Waals surface area contributed by atoms with Crippen LogP contribution in [0.4, 0.5) is 0 Å². The van der Waals surface area contributed by atoms with E-state index >= 15 is 0 Å². The molecule has 1 amide bonds. The van der Waals surface area contributed by atoms with Crippen molar-refractivity contribution in [2.75, 3.05) is 6.54 Å². The standard InChI is InChI=1S/C18H27N3O.ClH/c1-4-10-18(3,19)17(22)20-11-9-14-12-21-16-13(5-2)7-6-8-15(14)16;/h6-8,12,21H,4-5,9-11,19H2,1-3H3,(H,20,22);1H. The van der Waals surface area contributed by atoms with Crippen LogP contribution in [0, 0.1) is 0 Å². The van der Waals surface area contributed by atoms with Gasteiger partial charge in [0.2, 0.25) is 5.91 Å². The van der Waals surface area contributed by atoms with E-state index in [4.69, 9.17) is 5.73 Å². The van der Waals surface area contributed by atoms with E-state index < -0.39 is 5.54 Å². The van der Waals surface area contributed by atoms with Crippen LogP contribution in [-0.4, -0.2) is 23.0 Å². The number of fused-ring (bicyclic) bond motifs is 1. The Morgan fingerprint density at radius 2 is 2.04 bits per heavy atom. The van der Waals surface area contributed by atoms with E-state index in [0.29, 0.717) is 13.0 Å². The molecule has 0 aliphatic carbocycles. The maximum absolute atomic E-state index is 12.1. The van der Waals surface area contributed by atoms with Gasteiger partial charge in [0.1, 0.15) is 0 Å². The van der Waals surface area contributed by atoms with E-state index in [2.05, 4.69) is 35.4 Å². The molecule has 4 nitrogen and oxygen atoms in total. The van der Waals surface area contributed by atoms with E-state index in [1.165, 1.54) is 22.0 Å². The number of nitrogens with two attached hydrogens (primary N) is 1. The van der Waals surface area contributed by atoms with Gasteiger partial charge in [-0.2, -0.15) is 0 Å². The fourth-order valence-electron chi connectivity index (χ4n) is 2.92. The van der Waals surface area contributed by atoms with Crippen molar-refractivity contribution in [1.82, 2.24) is 10.3 Å². The summed E-state index contributed by atoms with van der Waals surface area (Å²) in [4.78, 5) is 15.5. The number of para-hydroxylation sites is 1. The lowest BCUT2D eigenvalue weighted by atomic mass is 9.96. The lowest BCUT2D eigenvalue weighted by molar-refractivity contribution is -0.126. The van der Waals surface area contributed by atoms with Crippen LogP contribution in [0.15, 0.2) is 24.4 Å². The zero-order valence-electron chi connectivity index (χ0n) is 14.2. The molecule has 0 aliphatic rings. The topological polar surface area (TPSA) is 70.9 Å². The third-order valence-electron chi connectivity index (χ3n) is 4.24. The summed E-state index contributed by atoms with van der Waals surface area (Å²) < 4.78 is 0. The molecule has 0 bridgehead atoms. The van der Waals surface area contributed by atoms with Crippen molar-refractivity contribution in [1.29, 1.82) is 0 Å². The molecule has 1 unspecified atom stereocenters. The Hall–Kier alpha value is -1.52. The molecular formula is C18H28ClN3O. The summed E-state index contributed by atoms with van der Waals surface area (Å²) >= 11 is 0. The van der Waals surface area contributed by atoms with Crippen molar-refractivity contribution in [3.05, 3.63) is 35.5 Å². The molecular weight excluding hydrogens is 310 g/mol. The van der Waals surface area contributed by atoms with Crippen molar-refractivity contribution in [3.8, 4) is 0 Å². The lowest BCUT2D eigenvalue weighted by Gasteiger charge is -2.22. The lowest BCUT2D eigenvalue weighted by Crippen LogP contribution is -2.51. The van der Waals surface area contributed by atoms with E-state index in [0.717, 1.165) is 19.3 Å². The van der Waals surface area contributed by atoms with Crippen molar-refractivity contribution < 1.29 is 4.79 Å². The molecule has 128 valence electrons. The van der Waals surface area contributed by atoms with Crippen molar-refractivity contribution in [2.45, 2.75) is 52.0 Å². The molecule has 1 aromatic heterocycles. The van der Waals surface area contributed by atoms with Gasteiger partial charge in [-0.1, -0.05) is 38.5 Å². The van der Waals surface area contributed by atoms with Crippen LogP contribution >= 0.6 is 12.4 Å². The average molecular weight is 338 g/mol. The summed E-state index contributed by atoms with van der Waals surface area (Å²) in [5, 5.41) is 4.21. The maximum atomic E-state index is 12.1. The van der Waals surface area contributed by atoms with E-state index in [1.807, 2.05) is 13.1 Å². The van der Waals surface area contributed by atoms with Gasteiger partial charge in [-0.05, 0) is 37.3 Å². The Balaban J connectivity index is 0.00000264. The number of hydrogen-bond donors (Lipinski definition) is 3. The molecule has 0 saturated carbocycles. The highest BCUT2D eigenvalue weighted by Crippen LogP contribution is 2.22. The Labute approximate surface area is 144 Å². The monoisotopic (exact) mass is 337 g/mol. The fourth-order valence-corrected chi connectivity index (χ4v) is 2.92. The molecule has 23 heavy (non-hydrogen) atoms. The molecule has 2 aromatic rings. The first-order chi connectivity index (χ1) is 10.5. The number of rotatable bonds is 7. The second-order valence-corrected chi connectivity index (χ2v) is 6.18. The van der Waals surface area contributed by atoms with Gasteiger partial charge in [0.05, 0.1) is 5.54 Å². The number of aromatic amines is 1. The number of amides is 1. The molecule has 5 heteroatoms. The van der Waals surface area contributed by atoms with Crippen LogP contribution in [0.1, 0.15) is 44.7 Å². The van der Waals surface area contributed by atoms with Crippen LogP contribution in [0.25, 0.3) is 10.9 Å². The molecule has 2 rings (SSSR count). The first-order valence-electron chi connectivity index (χ1n) is 8.14. The number of H-pyrrole nitrogens is 1. The number of hydrogen-bond acceptors (Lipinski definition) is 2. The van der Waals surface area contributed by atoms with Crippen LogP contribution in [0.3, 0.4) is 0 Å². The molecule has 1 aromatic carbocycles. The fraction of sp³-hybridized carbons (Fsp3) is 0.500. The predicted molar refractivity (Wildman–Crippen MR) is 99.1 cm³/mol. The van der Waals surface area contributed by atoms with E-state index in [9.17, 15) is 4.79 Å². The van der Waals surface area contributed by atoms with Crippen LogP contribution in [0.2, 0.25) is 0 Å². The number of benzene rings is 1. The first-order valence-corrected chi connectivity index (χ1v) is 8.14. The minimum atomic E-state index is -0.773. The molecule has 0 fully saturated rings. The summed E-state index contributed by atoms with van der Waals surface area (Å²) in [6.45, 7) is 6.60. The summed E-state index contributed by atoms with van der Waals surface area (Å²) in [5.74, 6) is -0.0663. The van der Waals surface area contributed by atoms with Gasteiger partial charge in [-0.25, -0.2) is 0 Å². The van der Waals surface area contributed by atoms with E-state index in [-0.39, 0.29) is 18.3 Å². The van der Waals surface area contributed by atoms with Gasteiger partial charge >= 0.3 is 0 Å². The highest BCUT2D eigenvalue weighted by Gasteiger charge is 2.26. The first kappa shape index (κ1) is 19.5. The van der Waals surface area contributed by atoms with Gasteiger partial charge in [0, 0.05) is 23.6 Å².